The van der Waals surface area contributed by atoms with Crippen molar-refractivity contribution < 1.29 is 4.74 Å². The van der Waals surface area contributed by atoms with E-state index in [1.807, 2.05) is 6.07 Å². The van der Waals surface area contributed by atoms with Gasteiger partial charge in [-0.1, -0.05) is 6.07 Å². The molecule has 1 heterocycles. The fourth-order valence-electron chi connectivity index (χ4n) is 2.10. The van der Waals surface area contributed by atoms with Crippen molar-refractivity contribution in [3.8, 4) is 0 Å². The number of nitrogens with two attached hydrogens (primary N) is 1. The first-order valence-electron chi connectivity index (χ1n) is 5.34. The molecule has 2 rings (SSSR count). The Morgan fingerprint density at radius 2 is 2.27 bits per heavy atom. The van der Waals surface area contributed by atoms with Crippen LogP contribution in [0.15, 0.2) is 18.2 Å². The van der Waals surface area contributed by atoms with E-state index in [1.165, 1.54) is 5.56 Å². The number of aryl methyl sites for hydroxylation is 1. The van der Waals surface area contributed by atoms with E-state index in [0.717, 1.165) is 30.9 Å². The Kier molecular flexibility index (Phi) is 2.82. The van der Waals surface area contributed by atoms with Gasteiger partial charge in [0.15, 0.2) is 0 Å². The summed E-state index contributed by atoms with van der Waals surface area (Å²) in [7, 11) is 1.77. The molecule has 3 nitrogen and oxygen atoms in total. The first-order valence-corrected chi connectivity index (χ1v) is 5.34. The molecule has 0 aromatic heterocycles. The third-order valence-corrected chi connectivity index (χ3v) is 3.00. The number of nitrogens with zero attached hydrogens (tertiary/aromatic N) is 1. The van der Waals surface area contributed by atoms with Crippen LogP contribution in [0.5, 0.6) is 0 Å². The Hall–Kier alpha value is -1.22. The highest BCUT2D eigenvalue weighted by Crippen LogP contribution is 2.27. The number of methoxy groups -OCH3 is 1. The first kappa shape index (κ1) is 10.3. The quantitative estimate of drug-likeness (QED) is 0.750. The number of rotatable bonds is 2. The van der Waals surface area contributed by atoms with Gasteiger partial charge < -0.3 is 15.4 Å². The van der Waals surface area contributed by atoms with E-state index in [9.17, 15) is 0 Å². The third-order valence-electron chi connectivity index (χ3n) is 3.00. The Morgan fingerprint density at radius 1 is 1.47 bits per heavy atom. The van der Waals surface area contributed by atoms with Crippen molar-refractivity contribution in [3.05, 3.63) is 23.8 Å². The molecule has 3 heteroatoms. The van der Waals surface area contributed by atoms with Gasteiger partial charge in [-0.3, -0.25) is 0 Å². The molecule has 0 amide bonds. The molecule has 82 valence electrons. The van der Waals surface area contributed by atoms with Crippen LogP contribution in [-0.4, -0.2) is 26.3 Å². The van der Waals surface area contributed by atoms with Crippen molar-refractivity contribution in [1.82, 2.24) is 0 Å². The summed E-state index contributed by atoms with van der Waals surface area (Å²) in [5.41, 5.74) is 9.22. The van der Waals surface area contributed by atoms with Crippen LogP contribution in [0, 0.1) is 6.92 Å². The summed E-state index contributed by atoms with van der Waals surface area (Å²) in [6.07, 6.45) is 1.44. The zero-order chi connectivity index (χ0) is 10.8. The van der Waals surface area contributed by atoms with Gasteiger partial charge in [0.2, 0.25) is 0 Å². The molecular weight excluding hydrogens is 188 g/mol. The number of hydrogen-bond donors (Lipinski definition) is 1. The number of anilines is 2. The van der Waals surface area contributed by atoms with Crippen LogP contribution < -0.4 is 10.6 Å². The number of ether oxygens (including phenoxy) is 1. The molecule has 1 fully saturated rings. The summed E-state index contributed by atoms with van der Waals surface area (Å²) in [6.45, 7) is 4.04. The molecule has 0 radical (unpaired) electrons. The smallest absolute Gasteiger partial charge is 0.0762 e. The minimum Gasteiger partial charge on any atom is -0.397 e. The van der Waals surface area contributed by atoms with Gasteiger partial charge >= 0.3 is 0 Å². The SMILES string of the molecule is COC1CCN(c2ccc(C)cc2N)C1. The summed E-state index contributed by atoms with van der Waals surface area (Å²) in [6, 6.07) is 6.23. The van der Waals surface area contributed by atoms with Crippen LogP contribution in [0.25, 0.3) is 0 Å². The summed E-state index contributed by atoms with van der Waals surface area (Å²) >= 11 is 0. The predicted octanol–water partition coefficient (Wildman–Crippen LogP) is 1.80. The van der Waals surface area contributed by atoms with Crippen LogP contribution in [-0.2, 0) is 4.74 Å². The van der Waals surface area contributed by atoms with E-state index >= 15 is 0 Å². The van der Waals surface area contributed by atoms with E-state index in [0.29, 0.717) is 6.10 Å². The fourth-order valence-corrected chi connectivity index (χ4v) is 2.10. The maximum absolute atomic E-state index is 6.01. The van der Waals surface area contributed by atoms with Crippen molar-refractivity contribution in [3.63, 3.8) is 0 Å². The first-order chi connectivity index (χ1) is 7.20. The molecule has 0 saturated carbocycles. The number of hydrogen-bond acceptors (Lipinski definition) is 3. The normalized spacial score (nSPS) is 20.9. The Bertz CT molecular complexity index is 351. The Labute approximate surface area is 90.8 Å². The fraction of sp³-hybridized carbons (Fsp3) is 0.500. The van der Waals surface area contributed by atoms with Crippen molar-refractivity contribution in [2.75, 3.05) is 30.8 Å². The number of benzene rings is 1. The maximum atomic E-state index is 6.01. The molecule has 1 saturated heterocycles. The van der Waals surface area contributed by atoms with Crippen LogP contribution in [0.2, 0.25) is 0 Å². The van der Waals surface area contributed by atoms with Gasteiger partial charge in [-0.05, 0) is 31.0 Å². The van der Waals surface area contributed by atoms with E-state index in [1.54, 1.807) is 7.11 Å². The molecule has 1 aromatic carbocycles. The van der Waals surface area contributed by atoms with Crippen LogP contribution in [0.1, 0.15) is 12.0 Å². The van der Waals surface area contributed by atoms with Gasteiger partial charge in [0, 0.05) is 20.2 Å². The van der Waals surface area contributed by atoms with Gasteiger partial charge in [0.25, 0.3) is 0 Å². The molecule has 0 spiro atoms. The van der Waals surface area contributed by atoms with Crippen LogP contribution in [0.4, 0.5) is 11.4 Å². The lowest BCUT2D eigenvalue weighted by molar-refractivity contribution is 0.121. The van der Waals surface area contributed by atoms with Gasteiger partial charge in [0.1, 0.15) is 0 Å². The minimum atomic E-state index is 0.353. The zero-order valence-electron chi connectivity index (χ0n) is 9.36. The van der Waals surface area contributed by atoms with E-state index < -0.39 is 0 Å². The topological polar surface area (TPSA) is 38.5 Å². The molecule has 15 heavy (non-hydrogen) atoms. The second kappa shape index (κ2) is 4.11. The summed E-state index contributed by atoms with van der Waals surface area (Å²) in [4.78, 5) is 2.29. The monoisotopic (exact) mass is 206 g/mol. The molecular formula is C12H18N2O. The highest BCUT2D eigenvalue weighted by atomic mass is 16.5. The summed E-state index contributed by atoms with van der Waals surface area (Å²) in [5, 5.41) is 0. The molecule has 2 N–H and O–H groups in total. The van der Waals surface area contributed by atoms with E-state index in [4.69, 9.17) is 10.5 Å². The molecule has 0 bridgehead atoms. The second-order valence-corrected chi connectivity index (χ2v) is 4.15. The molecule has 1 aromatic rings. The number of nitrogen functional groups attached to an aromatic ring is 1. The third kappa shape index (κ3) is 2.07. The van der Waals surface area contributed by atoms with E-state index in [2.05, 4.69) is 24.0 Å². The Balaban J connectivity index is 2.17. The zero-order valence-corrected chi connectivity index (χ0v) is 9.36. The van der Waals surface area contributed by atoms with Crippen molar-refractivity contribution in [1.29, 1.82) is 0 Å². The lowest BCUT2D eigenvalue weighted by Crippen LogP contribution is -2.23. The lowest BCUT2D eigenvalue weighted by Gasteiger charge is -2.20. The average Bonchev–Trinajstić information content (AvgIpc) is 2.66. The van der Waals surface area contributed by atoms with Crippen LogP contribution in [0.3, 0.4) is 0 Å². The molecule has 1 atom stereocenters. The van der Waals surface area contributed by atoms with Crippen molar-refractivity contribution in [2.45, 2.75) is 19.4 Å². The minimum absolute atomic E-state index is 0.353. The summed E-state index contributed by atoms with van der Waals surface area (Å²) in [5.74, 6) is 0. The Morgan fingerprint density at radius 3 is 2.87 bits per heavy atom. The molecule has 1 aliphatic rings. The summed E-state index contributed by atoms with van der Waals surface area (Å²) < 4.78 is 5.34. The molecule has 0 aliphatic carbocycles. The van der Waals surface area contributed by atoms with Gasteiger partial charge in [-0.15, -0.1) is 0 Å². The van der Waals surface area contributed by atoms with Gasteiger partial charge in [-0.25, -0.2) is 0 Å². The second-order valence-electron chi connectivity index (χ2n) is 4.15. The highest BCUT2D eigenvalue weighted by molar-refractivity contribution is 5.68. The average molecular weight is 206 g/mol. The lowest BCUT2D eigenvalue weighted by atomic mass is 10.2. The van der Waals surface area contributed by atoms with Crippen molar-refractivity contribution >= 4 is 11.4 Å². The van der Waals surface area contributed by atoms with Gasteiger partial charge in [-0.2, -0.15) is 0 Å². The standard InChI is InChI=1S/C12H18N2O/c1-9-3-4-12(11(13)7-9)14-6-5-10(8-14)15-2/h3-4,7,10H,5-6,8,13H2,1-2H3. The molecule has 1 aliphatic heterocycles. The van der Waals surface area contributed by atoms with Crippen LogP contribution >= 0.6 is 0 Å². The highest BCUT2D eigenvalue weighted by Gasteiger charge is 2.23. The maximum Gasteiger partial charge on any atom is 0.0762 e. The molecule has 1 unspecified atom stereocenters. The van der Waals surface area contributed by atoms with E-state index in [-0.39, 0.29) is 0 Å². The predicted molar refractivity (Wildman–Crippen MR) is 63.2 cm³/mol. The van der Waals surface area contributed by atoms with Gasteiger partial charge in [0.05, 0.1) is 17.5 Å². The van der Waals surface area contributed by atoms with Crippen molar-refractivity contribution in [2.24, 2.45) is 0 Å². The largest absolute Gasteiger partial charge is 0.397 e.